The summed E-state index contributed by atoms with van der Waals surface area (Å²) in [6.45, 7) is 3.38. The number of carboxylic acid groups (broad SMARTS) is 1. The first-order valence-corrected chi connectivity index (χ1v) is 10.5. The highest BCUT2D eigenvalue weighted by Gasteiger charge is 2.21. The predicted octanol–water partition coefficient (Wildman–Crippen LogP) is 3.43. The molecule has 4 rings (SSSR count). The fraction of sp³-hybridized carbons (Fsp3) is 0.269. The van der Waals surface area contributed by atoms with Gasteiger partial charge in [-0.3, -0.25) is 0 Å². The van der Waals surface area contributed by atoms with E-state index in [1.165, 1.54) is 39.2 Å². The lowest BCUT2D eigenvalue weighted by Crippen LogP contribution is -2.48. The van der Waals surface area contributed by atoms with Crippen molar-refractivity contribution in [2.75, 3.05) is 13.2 Å². The minimum atomic E-state index is -1.23. The van der Waals surface area contributed by atoms with Crippen LogP contribution in [0.25, 0.3) is 32.3 Å². The Labute approximate surface area is 186 Å². The fourth-order valence-corrected chi connectivity index (χ4v) is 3.55. The van der Waals surface area contributed by atoms with Crippen molar-refractivity contribution in [1.29, 1.82) is 0 Å². The number of hydrogen-bond donors (Lipinski definition) is 5. The van der Waals surface area contributed by atoms with Crippen LogP contribution in [0.1, 0.15) is 19.4 Å². The zero-order valence-corrected chi connectivity index (χ0v) is 18.2. The number of carbonyl (C=O) groups is 1. The standard InChI is InChI=1S/C23H23NO2.C3H6O3/c1-23(14-25,15-26)24-13-17-12-22-18-7-3-2-6-16(18)10-11-21(22)20-9-5-4-8-19(17)20;1-2(4)3(5)6/h2-12,24-26H,13-15H2,1H3;2,4H,1H3,(H,5,6). The van der Waals surface area contributed by atoms with Gasteiger partial charge in [0.1, 0.15) is 6.10 Å². The number of aliphatic hydroxyl groups is 3. The molecule has 6 heteroatoms. The Morgan fingerprint density at radius 1 is 0.875 bits per heavy atom. The summed E-state index contributed by atoms with van der Waals surface area (Å²) >= 11 is 0. The fourth-order valence-electron chi connectivity index (χ4n) is 3.55. The highest BCUT2D eigenvalue weighted by Crippen LogP contribution is 2.33. The van der Waals surface area contributed by atoms with Crippen LogP contribution in [0.3, 0.4) is 0 Å². The number of fused-ring (bicyclic) bond motifs is 5. The second-order valence-corrected chi connectivity index (χ2v) is 8.21. The third-order valence-corrected chi connectivity index (χ3v) is 5.61. The second kappa shape index (κ2) is 10.1. The molecule has 0 bridgehead atoms. The Morgan fingerprint density at radius 2 is 1.41 bits per heavy atom. The van der Waals surface area contributed by atoms with E-state index in [0.29, 0.717) is 6.54 Å². The van der Waals surface area contributed by atoms with Crippen LogP contribution in [0.4, 0.5) is 0 Å². The zero-order valence-electron chi connectivity index (χ0n) is 18.2. The maximum atomic E-state index is 9.57. The Hall–Kier alpha value is -3.03. The van der Waals surface area contributed by atoms with Gasteiger partial charge in [-0.1, -0.05) is 60.7 Å². The van der Waals surface area contributed by atoms with Crippen molar-refractivity contribution in [3.05, 3.63) is 72.3 Å². The molecule has 0 amide bonds. The van der Waals surface area contributed by atoms with E-state index in [1.807, 2.05) is 6.92 Å². The molecule has 0 aliphatic carbocycles. The SMILES string of the molecule is CC(CO)(CO)NCc1cc2c3ccccc3ccc2c2ccccc12.CC(O)C(=O)O. The summed E-state index contributed by atoms with van der Waals surface area (Å²) in [5.74, 6) is -1.19. The maximum absolute atomic E-state index is 9.57. The summed E-state index contributed by atoms with van der Waals surface area (Å²) < 4.78 is 0. The summed E-state index contributed by atoms with van der Waals surface area (Å²) in [5.41, 5.74) is 0.465. The summed E-state index contributed by atoms with van der Waals surface area (Å²) in [5, 5.41) is 45.6. The Bertz CT molecular complexity index is 1230. The molecule has 32 heavy (non-hydrogen) atoms. The van der Waals surface area contributed by atoms with Gasteiger partial charge in [0, 0.05) is 6.54 Å². The molecule has 4 aromatic rings. The van der Waals surface area contributed by atoms with Gasteiger partial charge >= 0.3 is 5.97 Å². The first-order chi connectivity index (χ1) is 15.3. The van der Waals surface area contributed by atoms with Gasteiger partial charge in [-0.25, -0.2) is 4.79 Å². The molecule has 0 fully saturated rings. The van der Waals surface area contributed by atoms with E-state index in [-0.39, 0.29) is 13.2 Å². The lowest BCUT2D eigenvalue weighted by atomic mass is 9.93. The van der Waals surface area contributed by atoms with Gasteiger partial charge in [0.2, 0.25) is 0 Å². The minimum absolute atomic E-state index is 0.113. The number of aliphatic hydroxyl groups excluding tert-OH is 3. The first-order valence-electron chi connectivity index (χ1n) is 10.5. The molecule has 6 nitrogen and oxygen atoms in total. The molecule has 1 unspecified atom stereocenters. The molecule has 168 valence electrons. The van der Waals surface area contributed by atoms with Gasteiger partial charge in [-0.05, 0) is 57.8 Å². The number of rotatable bonds is 6. The molecule has 5 N–H and O–H groups in total. The number of hydrogen-bond acceptors (Lipinski definition) is 5. The molecular weight excluding hydrogens is 406 g/mol. The van der Waals surface area contributed by atoms with Crippen molar-refractivity contribution in [2.24, 2.45) is 0 Å². The van der Waals surface area contributed by atoms with Gasteiger partial charge in [-0.2, -0.15) is 0 Å². The minimum Gasteiger partial charge on any atom is -0.479 e. The lowest BCUT2D eigenvalue weighted by Gasteiger charge is -2.27. The Kier molecular flexibility index (Phi) is 7.43. The van der Waals surface area contributed by atoms with Crippen LogP contribution in [0.5, 0.6) is 0 Å². The number of nitrogens with one attached hydrogen (secondary N) is 1. The van der Waals surface area contributed by atoms with E-state index in [0.717, 1.165) is 5.56 Å². The Balaban J connectivity index is 0.000000427. The summed E-state index contributed by atoms with van der Waals surface area (Å²) in [6.07, 6.45) is -1.23. The molecule has 0 spiro atoms. The molecule has 4 aromatic carbocycles. The number of benzene rings is 4. The van der Waals surface area contributed by atoms with Crippen LogP contribution in [0, 0.1) is 0 Å². The van der Waals surface area contributed by atoms with E-state index in [9.17, 15) is 15.0 Å². The van der Waals surface area contributed by atoms with Crippen molar-refractivity contribution in [3.63, 3.8) is 0 Å². The van der Waals surface area contributed by atoms with Gasteiger partial charge in [0.05, 0.1) is 18.8 Å². The number of aliphatic carboxylic acids is 1. The molecule has 0 aliphatic rings. The van der Waals surface area contributed by atoms with Crippen LogP contribution in [-0.2, 0) is 11.3 Å². The smallest absolute Gasteiger partial charge is 0.332 e. The van der Waals surface area contributed by atoms with Crippen molar-refractivity contribution in [2.45, 2.75) is 32.0 Å². The zero-order chi connectivity index (χ0) is 23.3. The average molecular weight is 436 g/mol. The van der Waals surface area contributed by atoms with E-state index < -0.39 is 17.6 Å². The van der Waals surface area contributed by atoms with Crippen molar-refractivity contribution < 1.29 is 25.2 Å². The quantitative estimate of drug-likeness (QED) is 0.297. The molecule has 0 aromatic heterocycles. The molecule has 1 atom stereocenters. The van der Waals surface area contributed by atoms with Crippen LogP contribution in [0.15, 0.2) is 66.7 Å². The van der Waals surface area contributed by atoms with E-state index in [1.54, 1.807) is 0 Å². The molecule has 0 radical (unpaired) electrons. The van der Waals surface area contributed by atoms with Crippen LogP contribution in [0.2, 0.25) is 0 Å². The summed E-state index contributed by atoms with van der Waals surface area (Å²) in [4.78, 5) is 9.45. The van der Waals surface area contributed by atoms with Crippen molar-refractivity contribution >= 4 is 38.3 Å². The van der Waals surface area contributed by atoms with E-state index >= 15 is 0 Å². The monoisotopic (exact) mass is 435 g/mol. The average Bonchev–Trinajstić information content (AvgIpc) is 2.82. The van der Waals surface area contributed by atoms with Gasteiger partial charge in [0.25, 0.3) is 0 Å². The third kappa shape index (κ3) is 5.06. The largest absolute Gasteiger partial charge is 0.479 e. The number of carboxylic acids is 1. The third-order valence-electron chi connectivity index (χ3n) is 5.61. The summed E-state index contributed by atoms with van der Waals surface area (Å²) in [7, 11) is 0. The molecule has 0 saturated carbocycles. The van der Waals surface area contributed by atoms with Gasteiger partial charge < -0.3 is 25.7 Å². The van der Waals surface area contributed by atoms with E-state index in [4.69, 9.17) is 10.2 Å². The lowest BCUT2D eigenvalue weighted by molar-refractivity contribution is -0.145. The van der Waals surface area contributed by atoms with E-state index in [2.05, 4.69) is 72.0 Å². The predicted molar refractivity (Wildman–Crippen MR) is 128 cm³/mol. The molecule has 0 heterocycles. The van der Waals surface area contributed by atoms with Crippen molar-refractivity contribution in [3.8, 4) is 0 Å². The highest BCUT2D eigenvalue weighted by molar-refractivity contribution is 6.18. The normalized spacial score (nSPS) is 12.5. The van der Waals surface area contributed by atoms with Crippen LogP contribution >= 0.6 is 0 Å². The topological polar surface area (TPSA) is 110 Å². The Morgan fingerprint density at radius 3 is 2.00 bits per heavy atom. The van der Waals surface area contributed by atoms with Crippen LogP contribution < -0.4 is 5.32 Å². The van der Waals surface area contributed by atoms with Crippen molar-refractivity contribution in [1.82, 2.24) is 5.32 Å². The molecular formula is C26H29NO5. The first kappa shape index (κ1) is 23.6. The molecule has 0 saturated heterocycles. The van der Waals surface area contributed by atoms with Gasteiger partial charge in [0.15, 0.2) is 0 Å². The molecule has 0 aliphatic heterocycles. The van der Waals surface area contributed by atoms with Crippen LogP contribution in [-0.4, -0.2) is 51.3 Å². The maximum Gasteiger partial charge on any atom is 0.332 e. The highest BCUT2D eigenvalue weighted by atomic mass is 16.4. The van der Waals surface area contributed by atoms with Gasteiger partial charge in [-0.15, -0.1) is 0 Å². The second-order valence-electron chi connectivity index (χ2n) is 8.21. The summed E-state index contributed by atoms with van der Waals surface area (Å²) in [6, 6.07) is 23.5.